The summed E-state index contributed by atoms with van der Waals surface area (Å²) in [7, 11) is -7.93. The summed E-state index contributed by atoms with van der Waals surface area (Å²) in [5, 5.41) is 10.5. The van der Waals surface area contributed by atoms with Gasteiger partial charge in [0.2, 0.25) is 16.0 Å². The van der Waals surface area contributed by atoms with Gasteiger partial charge in [-0.1, -0.05) is 12.1 Å². The molecule has 0 aliphatic heterocycles. The van der Waals surface area contributed by atoms with Gasteiger partial charge in [0.05, 0.1) is 21.0 Å². The lowest BCUT2D eigenvalue weighted by molar-refractivity contribution is 0.102. The molecule has 11 nitrogen and oxygen atoms in total. The van der Waals surface area contributed by atoms with Crippen LogP contribution in [0.1, 0.15) is 10.4 Å². The monoisotopic (exact) mass is 542 g/mol. The van der Waals surface area contributed by atoms with E-state index in [0.29, 0.717) is 11.5 Å². The molecule has 190 valence electrons. The first-order valence-electron chi connectivity index (χ1n) is 10.4. The minimum atomic E-state index is -4.10. The summed E-state index contributed by atoms with van der Waals surface area (Å²) < 4.78 is 63.7. The molecule has 4 aromatic rings. The normalized spacial score (nSPS) is 11.5. The Morgan fingerprint density at radius 3 is 2.16 bits per heavy atom. The van der Waals surface area contributed by atoms with Crippen LogP contribution in [-0.2, 0) is 20.0 Å². The Morgan fingerprint density at radius 1 is 0.838 bits per heavy atom. The lowest BCUT2D eigenvalue weighted by Crippen LogP contribution is -2.19. The standard InChI is InChI=1S/C23H19FN6O5S2/c24-15-5-9-18(10-6-15)37(34,35)30-20-4-2-1-3-19(20)22(31)29-23-26-14-13-21(28-23)27-16-7-11-17(12-8-16)36(25,32)33/h1-14,30H,(H2,25,32,33)(H2,26,27,28,29,31). The van der Waals surface area contributed by atoms with Crippen LogP contribution in [0.3, 0.4) is 0 Å². The van der Waals surface area contributed by atoms with Gasteiger partial charge in [-0.2, -0.15) is 4.98 Å². The van der Waals surface area contributed by atoms with Gasteiger partial charge in [-0.25, -0.2) is 31.3 Å². The largest absolute Gasteiger partial charge is 0.340 e. The molecule has 0 saturated heterocycles. The van der Waals surface area contributed by atoms with Gasteiger partial charge < -0.3 is 5.32 Å². The fourth-order valence-electron chi connectivity index (χ4n) is 3.12. The van der Waals surface area contributed by atoms with Crippen LogP contribution in [0.5, 0.6) is 0 Å². The molecule has 0 aliphatic carbocycles. The lowest BCUT2D eigenvalue weighted by Gasteiger charge is -2.13. The number of para-hydroxylation sites is 1. The number of aromatic nitrogens is 2. The number of hydrogen-bond acceptors (Lipinski definition) is 8. The van der Waals surface area contributed by atoms with Gasteiger partial charge in [-0.05, 0) is 66.7 Å². The van der Waals surface area contributed by atoms with Crippen LogP contribution < -0.4 is 20.5 Å². The molecule has 0 aliphatic rings. The highest BCUT2D eigenvalue weighted by Crippen LogP contribution is 2.22. The molecular formula is C23H19FN6O5S2. The van der Waals surface area contributed by atoms with Crippen molar-refractivity contribution >= 4 is 49.1 Å². The smallest absolute Gasteiger partial charge is 0.261 e. The Labute approximate surface area is 211 Å². The Morgan fingerprint density at radius 2 is 1.49 bits per heavy atom. The average Bonchev–Trinajstić information content (AvgIpc) is 2.84. The molecular weight excluding hydrogens is 523 g/mol. The number of hydrogen-bond donors (Lipinski definition) is 4. The molecule has 0 saturated carbocycles. The quantitative estimate of drug-likeness (QED) is 0.263. The summed E-state index contributed by atoms with van der Waals surface area (Å²) in [5.41, 5.74) is 0.492. The summed E-state index contributed by atoms with van der Waals surface area (Å²) in [6, 6.07) is 17.3. The fourth-order valence-corrected chi connectivity index (χ4v) is 4.72. The summed E-state index contributed by atoms with van der Waals surface area (Å²) in [4.78, 5) is 20.9. The number of benzene rings is 3. The second kappa shape index (κ2) is 10.3. The van der Waals surface area contributed by atoms with Crippen molar-refractivity contribution in [2.24, 2.45) is 5.14 Å². The summed E-state index contributed by atoms with van der Waals surface area (Å²) >= 11 is 0. The Bertz CT molecular complexity index is 1660. The van der Waals surface area contributed by atoms with E-state index in [9.17, 15) is 26.0 Å². The molecule has 1 amide bonds. The molecule has 14 heteroatoms. The molecule has 1 aromatic heterocycles. The zero-order valence-corrected chi connectivity index (χ0v) is 20.4. The van der Waals surface area contributed by atoms with E-state index in [0.717, 1.165) is 24.3 Å². The molecule has 0 atom stereocenters. The molecule has 1 heterocycles. The molecule has 0 unspecified atom stereocenters. The number of amides is 1. The van der Waals surface area contributed by atoms with E-state index >= 15 is 0 Å². The van der Waals surface area contributed by atoms with Crippen molar-refractivity contribution in [3.05, 3.63) is 96.4 Å². The number of nitrogens with one attached hydrogen (secondary N) is 3. The van der Waals surface area contributed by atoms with Crippen molar-refractivity contribution in [3.8, 4) is 0 Å². The van der Waals surface area contributed by atoms with E-state index in [1.807, 2.05) is 0 Å². The topological polar surface area (TPSA) is 173 Å². The number of rotatable bonds is 8. The van der Waals surface area contributed by atoms with Crippen LogP contribution in [-0.4, -0.2) is 32.7 Å². The van der Waals surface area contributed by atoms with E-state index in [1.54, 1.807) is 12.1 Å². The highest BCUT2D eigenvalue weighted by Gasteiger charge is 2.19. The van der Waals surface area contributed by atoms with Crippen LogP contribution in [0, 0.1) is 5.82 Å². The number of anilines is 4. The van der Waals surface area contributed by atoms with Crippen LogP contribution in [0.4, 0.5) is 27.5 Å². The van der Waals surface area contributed by atoms with E-state index < -0.39 is 31.8 Å². The van der Waals surface area contributed by atoms with Gasteiger partial charge in [0.15, 0.2) is 0 Å². The molecule has 0 fully saturated rings. The average molecular weight is 543 g/mol. The van der Waals surface area contributed by atoms with E-state index in [4.69, 9.17) is 5.14 Å². The van der Waals surface area contributed by atoms with Gasteiger partial charge in [0.1, 0.15) is 11.6 Å². The van der Waals surface area contributed by atoms with Crippen molar-refractivity contribution < 1.29 is 26.0 Å². The lowest BCUT2D eigenvalue weighted by atomic mass is 10.2. The van der Waals surface area contributed by atoms with Gasteiger partial charge in [0, 0.05) is 11.9 Å². The number of nitrogens with two attached hydrogens (primary N) is 1. The van der Waals surface area contributed by atoms with Crippen molar-refractivity contribution in [3.63, 3.8) is 0 Å². The Hall–Kier alpha value is -4.40. The third-order valence-corrected chi connectivity index (χ3v) is 7.19. The first kappa shape index (κ1) is 25.7. The van der Waals surface area contributed by atoms with Gasteiger partial charge in [-0.3, -0.25) is 14.8 Å². The zero-order valence-electron chi connectivity index (χ0n) is 18.8. The first-order valence-corrected chi connectivity index (χ1v) is 13.5. The Balaban J connectivity index is 1.50. The molecule has 5 N–H and O–H groups in total. The van der Waals surface area contributed by atoms with Crippen LogP contribution in [0.25, 0.3) is 0 Å². The predicted octanol–water partition coefficient (Wildman–Crippen LogP) is 3.06. The van der Waals surface area contributed by atoms with Gasteiger partial charge in [-0.15, -0.1) is 0 Å². The van der Waals surface area contributed by atoms with Gasteiger partial charge >= 0.3 is 0 Å². The maximum Gasteiger partial charge on any atom is 0.261 e. The molecule has 37 heavy (non-hydrogen) atoms. The highest BCUT2D eigenvalue weighted by molar-refractivity contribution is 7.92. The predicted molar refractivity (Wildman–Crippen MR) is 135 cm³/mol. The summed E-state index contributed by atoms with van der Waals surface area (Å²) in [5.74, 6) is -1.06. The second-order valence-electron chi connectivity index (χ2n) is 7.52. The van der Waals surface area contributed by atoms with Crippen LogP contribution in [0.2, 0.25) is 0 Å². The number of primary sulfonamides is 1. The SMILES string of the molecule is NS(=O)(=O)c1ccc(Nc2ccnc(NC(=O)c3ccccc3NS(=O)(=O)c3ccc(F)cc3)n2)cc1. The Kier molecular flexibility index (Phi) is 7.15. The molecule has 4 rings (SSSR count). The number of sulfonamides is 2. The van der Waals surface area contributed by atoms with E-state index in [-0.39, 0.29) is 27.0 Å². The van der Waals surface area contributed by atoms with Crippen LogP contribution >= 0.6 is 0 Å². The van der Waals surface area contributed by atoms with Gasteiger partial charge in [0.25, 0.3) is 15.9 Å². The van der Waals surface area contributed by atoms with Crippen molar-refractivity contribution in [1.82, 2.24) is 9.97 Å². The van der Waals surface area contributed by atoms with Crippen molar-refractivity contribution in [1.29, 1.82) is 0 Å². The van der Waals surface area contributed by atoms with Crippen molar-refractivity contribution in [2.75, 3.05) is 15.4 Å². The number of carbonyl (C=O) groups is 1. The molecule has 0 bridgehead atoms. The number of nitrogens with zero attached hydrogens (tertiary/aromatic N) is 2. The highest BCUT2D eigenvalue weighted by atomic mass is 32.2. The summed E-state index contributed by atoms with van der Waals surface area (Å²) in [6.07, 6.45) is 1.38. The van der Waals surface area contributed by atoms with E-state index in [2.05, 4.69) is 25.3 Å². The van der Waals surface area contributed by atoms with E-state index in [1.165, 1.54) is 48.7 Å². The minimum absolute atomic E-state index is 0.00580. The number of carbonyl (C=O) groups excluding carboxylic acids is 1. The second-order valence-corrected chi connectivity index (χ2v) is 10.8. The maximum absolute atomic E-state index is 13.2. The van der Waals surface area contributed by atoms with Crippen molar-refractivity contribution in [2.45, 2.75) is 9.79 Å². The zero-order chi connectivity index (χ0) is 26.6. The fraction of sp³-hybridized carbons (Fsp3) is 0. The number of halogens is 1. The molecule has 0 radical (unpaired) electrons. The third kappa shape index (κ3) is 6.43. The maximum atomic E-state index is 13.2. The molecule has 3 aromatic carbocycles. The third-order valence-electron chi connectivity index (χ3n) is 4.88. The van der Waals surface area contributed by atoms with Crippen LogP contribution in [0.15, 0.2) is 94.9 Å². The summed E-state index contributed by atoms with van der Waals surface area (Å²) in [6.45, 7) is 0. The molecule has 0 spiro atoms. The first-order chi connectivity index (χ1) is 17.5. The minimum Gasteiger partial charge on any atom is -0.340 e.